The quantitative estimate of drug-likeness (QED) is 0.566. The molecule has 1 aromatic rings. The molecule has 0 bridgehead atoms. The Morgan fingerprint density at radius 2 is 2.17 bits per heavy atom. The van der Waals surface area contributed by atoms with E-state index in [2.05, 4.69) is 28.7 Å². The van der Waals surface area contributed by atoms with Crippen molar-refractivity contribution < 1.29 is 4.92 Å². The molecule has 0 saturated carbocycles. The fourth-order valence-corrected chi connectivity index (χ4v) is 3.22. The molecule has 23 heavy (non-hydrogen) atoms. The third kappa shape index (κ3) is 3.89. The van der Waals surface area contributed by atoms with Gasteiger partial charge in [-0.05, 0) is 32.1 Å². The molecule has 0 N–H and O–H groups in total. The van der Waals surface area contributed by atoms with Gasteiger partial charge in [-0.2, -0.15) is 0 Å². The predicted molar refractivity (Wildman–Crippen MR) is 92.1 cm³/mol. The van der Waals surface area contributed by atoms with Crippen LogP contribution in [0.15, 0.2) is 6.33 Å². The Bertz CT molecular complexity index is 537. The van der Waals surface area contributed by atoms with Crippen LogP contribution in [0.1, 0.15) is 52.4 Å². The minimum Gasteiger partial charge on any atom is -0.354 e. The SMILES string of the molecule is CCCCN(C)c1ncnc(N2CCCCC2CC)c1[N+](=O)[O-]. The number of anilines is 2. The number of rotatable bonds is 7. The van der Waals surface area contributed by atoms with Crippen LogP contribution in [0, 0.1) is 10.1 Å². The second-order valence-electron chi connectivity index (χ2n) is 6.15. The Balaban J connectivity index is 2.41. The lowest BCUT2D eigenvalue weighted by molar-refractivity contribution is -0.383. The van der Waals surface area contributed by atoms with Crippen molar-refractivity contribution in [2.24, 2.45) is 0 Å². The van der Waals surface area contributed by atoms with Gasteiger partial charge in [-0.1, -0.05) is 20.3 Å². The molecular weight excluding hydrogens is 294 g/mol. The van der Waals surface area contributed by atoms with Crippen LogP contribution in [0.2, 0.25) is 0 Å². The van der Waals surface area contributed by atoms with Crippen molar-refractivity contribution >= 4 is 17.3 Å². The van der Waals surface area contributed by atoms with Gasteiger partial charge in [0.05, 0.1) is 4.92 Å². The average molecular weight is 321 g/mol. The third-order valence-electron chi connectivity index (χ3n) is 4.55. The number of hydrogen-bond acceptors (Lipinski definition) is 6. The number of aromatic nitrogens is 2. The molecule has 1 aliphatic heterocycles. The van der Waals surface area contributed by atoms with E-state index in [1.807, 2.05) is 11.9 Å². The van der Waals surface area contributed by atoms with Crippen molar-refractivity contribution in [2.75, 3.05) is 29.9 Å². The predicted octanol–water partition coefficient (Wildman–Crippen LogP) is 3.39. The summed E-state index contributed by atoms with van der Waals surface area (Å²) in [6.07, 6.45) is 7.76. The summed E-state index contributed by atoms with van der Waals surface area (Å²) in [7, 11) is 1.86. The first kappa shape index (κ1) is 17.4. The van der Waals surface area contributed by atoms with E-state index in [-0.39, 0.29) is 10.6 Å². The standard InChI is InChI=1S/C16H27N5O2/c1-4-6-10-19(3)15-14(21(22)23)16(18-12-17-15)20-11-8-7-9-13(20)5-2/h12-13H,4-11H2,1-3H3. The molecule has 1 fully saturated rings. The summed E-state index contributed by atoms with van der Waals surface area (Å²) in [5, 5.41) is 11.7. The van der Waals surface area contributed by atoms with Gasteiger partial charge < -0.3 is 9.80 Å². The fraction of sp³-hybridized carbons (Fsp3) is 0.750. The number of piperidine rings is 1. The van der Waals surface area contributed by atoms with Gasteiger partial charge in [0.1, 0.15) is 6.33 Å². The minimum absolute atomic E-state index is 0.0476. The van der Waals surface area contributed by atoms with E-state index >= 15 is 0 Å². The Morgan fingerprint density at radius 3 is 2.83 bits per heavy atom. The molecule has 7 heteroatoms. The van der Waals surface area contributed by atoms with Crippen molar-refractivity contribution in [2.45, 2.75) is 58.4 Å². The second-order valence-corrected chi connectivity index (χ2v) is 6.15. The molecule has 1 atom stereocenters. The number of unbranched alkanes of at least 4 members (excludes halogenated alkanes) is 1. The van der Waals surface area contributed by atoms with E-state index in [9.17, 15) is 10.1 Å². The third-order valence-corrected chi connectivity index (χ3v) is 4.55. The number of nitro groups is 1. The highest BCUT2D eigenvalue weighted by Crippen LogP contribution is 2.37. The largest absolute Gasteiger partial charge is 0.354 e. The van der Waals surface area contributed by atoms with Gasteiger partial charge >= 0.3 is 5.69 Å². The summed E-state index contributed by atoms with van der Waals surface area (Å²) in [6.45, 7) is 5.82. The van der Waals surface area contributed by atoms with Crippen LogP contribution in [0.5, 0.6) is 0 Å². The maximum absolute atomic E-state index is 11.7. The van der Waals surface area contributed by atoms with Crippen LogP contribution in [0.25, 0.3) is 0 Å². The highest BCUT2D eigenvalue weighted by molar-refractivity contribution is 5.71. The lowest BCUT2D eigenvalue weighted by atomic mass is 10.00. The van der Waals surface area contributed by atoms with Gasteiger partial charge in [0, 0.05) is 26.2 Å². The molecule has 1 unspecified atom stereocenters. The van der Waals surface area contributed by atoms with Crippen molar-refractivity contribution in [3.05, 3.63) is 16.4 Å². The lowest BCUT2D eigenvalue weighted by Crippen LogP contribution is -2.40. The molecule has 128 valence electrons. The molecule has 7 nitrogen and oxygen atoms in total. The molecule has 0 amide bonds. The summed E-state index contributed by atoms with van der Waals surface area (Å²) in [4.78, 5) is 23.9. The fourth-order valence-electron chi connectivity index (χ4n) is 3.22. The molecule has 0 radical (unpaired) electrons. The molecule has 1 saturated heterocycles. The maximum atomic E-state index is 11.7. The van der Waals surface area contributed by atoms with Gasteiger partial charge in [-0.3, -0.25) is 10.1 Å². The Morgan fingerprint density at radius 1 is 1.39 bits per heavy atom. The zero-order chi connectivity index (χ0) is 16.8. The summed E-state index contributed by atoms with van der Waals surface area (Å²) in [5.74, 6) is 0.906. The first-order chi connectivity index (χ1) is 11.1. The zero-order valence-corrected chi connectivity index (χ0v) is 14.4. The highest BCUT2D eigenvalue weighted by atomic mass is 16.6. The molecule has 0 aliphatic carbocycles. The summed E-state index contributed by atoms with van der Waals surface area (Å²) in [6, 6.07) is 0.325. The summed E-state index contributed by atoms with van der Waals surface area (Å²) in [5.41, 5.74) is 0.0476. The molecule has 2 heterocycles. The van der Waals surface area contributed by atoms with Gasteiger partial charge in [0.25, 0.3) is 0 Å². The van der Waals surface area contributed by atoms with Crippen LogP contribution in [0.4, 0.5) is 17.3 Å². The van der Waals surface area contributed by atoms with E-state index in [4.69, 9.17) is 0 Å². The number of nitrogens with zero attached hydrogens (tertiary/aromatic N) is 5. The smallest absolute Gasteiger partial charge is 0.353 e. The van der Waals surface area contributed by atoms with Crippen LogP contribution >= 0.6 is 0 Å². The highest BCUT2D eigenvalue weighted by Gasteiger charge is 2.32. The Hall–Kier alpha value is -1.92. The maximum Gasteiger partial charge on any atom is 0.353 e. The molecule has 1 aromatic heterocycles. The van der Waals surface area contributed by atoms with Gasteiger partial charge in [0.15, 0.2) is 0 Å². The Kier molecular flexibility index (Phi) is 6.12. The lowest BCUT2D eigenvalue weighted by Gasteiger charge is -2.36. The molecule has 0 aromatic carbocycles. The molecular formula is C16H27N5O2. The van der Waals surface area contributed by atoms with Crippen LogP contribution < -0.4 is 9.80 Å². The van der Waals surface area contributed by atoms with Crippen molar-refractivity contribution in [3.8, 4) is 0 Å². The Labute approximate surface area is 137 Å². The zero-order valence-electron chi connectivity index (χ0n) is 14.4. The van der Waals surface area contributed by atoms with Crippen molar-refractivity contribution in [1.29, 1.82) is 0 Å². The van der Waals surface area contributed by atoms with Crippen LogP contribution in [-0.2, 0) is 0 Å². The van der Waals surface area contributed by atoms with Crippen LogP contribution in [-0.4, -0.2) is 41.1 Å². The van der Waals surface area contributed by atoms with E-state index in [0.717, 1.165) is 45.2 Å². The van der Waals surface area contributed by atoms with Gasteiger partial charge in [-0.15, -0.1) is 0 Å². The topological polar surface area (TPSA) is 75.4 Å². The monoisotopic (exact) mass is 321 g/mol. The molecule has 1 aliphatic rings. The van der Waals surface area contributed by atoms with Crippen LogP contribution in [0.3, 0.4) is 0 Å². The van der Waals surface area contributed by atoms with E-state index in [1.165, 1.54) is 12.7 Å². The molecule has 2 rings (SSSR count). The van der Waals surface area contributed by atoms with Crippen molar-refractivity contribution in [3.63, 3.8) is 0 Å². The summed E-state index contributed by atoms with van der Waals surface area (Å²) < 4.78 is 0. The van der Waals surface area contributed by atoms with E-state index in [1.54, 1.807) is 0 Å². The van der Waals surface area contributed by atoms with Crippen molar-refractivity contribution in [1.82, 2.24) is 9.97 Å². The first-order valence-electron chi connectivity index (χ1n) is 8.57. The average Bonchev–Trinajstić information content (AvgIpc) is 2.58. The summed E-state index contributed by atoms with van der Waals surface area (Å²) >= 11 is 0. The number of hydrogen-bond donors (Lipinski definition) is 0. The normalized spacial score (nSPS) is 18.0. The van der Waals surface area contributed by atoms with E-state index < -0.39 is 0 Å². The van der Waals surface area contributed by atoms with Gasteiger partial charge in [-0.25, -0.2) is 9.97 Å². The minimum atomic E-state index is -0.325. The van der Waals surface area contributed by atoms with E-state index in [0.29, 0.717) is 17.7 Å². The first-order valence-corrected chi connectivity index (χ1v) is 8.57. The molecule has 0 spiro atoms. The van der Waals surface area contributed by atoms with Gasteiger partial charge in [0.2, 0.25) is 11.6 Å². The second kappa shape index (κ2) is 8.08.